The van der Waals surface area contributed by atoms with Crippen LogP contribution in [0.15, 0.2) is 40.8 Å². The molecule has 1 atom stereocenters. The minimum atomic E-state index is -0.608. The normalized spacial score (nSPS) is 12.4. The molecule has 0 saturated heterocycles. The van der Waals surface area contributed by atoms with E-state index in [1.165, 1.54) is 0 Å². The third-order valence-corrected chi connectivity index (χ3v) is 4.56. The van der Waals surface area contributed by atoms with Gasteiger partial charge in [0.2, 0.25) is 11.7 Å². The largest absolute Gasteiger partial charge is 0.493 e. The molecule has 0 radical (unpaired) electrons. The lowest BCUT2D eigenvalue weighted by molar-refractivity contribution is -0.121. The Kier molecular flexibility index (Phi) is 11.1. The van der Waals surface area contributed by atoms with Crippen LogP contribution in [0.25, 0.3) is 16.8 Å². The predicted octanol–water partition coefficient (Wildman–Crippen LogP) is 4.55. The number of amides is 1. The Labute approximate surface area is 190 Å². The molecule has 0 bridgehead atoms. The highest BCUT2D eigenvalue weighted by Crippen LogP contribution is 2.42. The third kappa shape index (κ3) is 6.37. The van der Waals surface area contributed by atoms with Gasteiger partial charge in [0.1, 0.15) is 12.0 Å². The summed E-state index contributed by atoms with van der Waals surface area (Å²) >= 11 is 0. The zero-order chi connectivity index (χ0) is 24.3. The van der Waals surface area contributed by atoms with Crippen molar-refractivity contribution < 1.29 is 23.5 Å². The van der Waals surface area contributed by atoms with E-state index in [0.717, 1.165) is 16.7 Å². The molecule has 1 aromatic carbocycles. The first-order valence-electron chi connectivity index (χ1n) is 10.6. The van der Waals surface area contributed by atoms with E-state index in [1.54, 1.807) is 34.5 Å². The summed E-state index contributed by atoms with van der Waals surface area (Å²) in [4.78, 5) is 12.0. The molecule has 0 fully saturated rings. The van der Waals surface area contributed by atoms with Gasteiger partial charge in [0, 0.05) is 16.8 Å². The minimum Gasteiger partial charge on any atom is -0.493 e. The highest BCUT2D eigenvalue weighted by molar-refractivity contribution is 5.85. The Hall–Kier alpha value is -3.26. The summed E-state index contributed by atoms with van der Waals surface area (Å²) in [6, 6.07) is 3.01. The van der Waals surface area contributed by atoms with E-state index in [0.29, 0.717) is 35.1 Å². The molecule has 2 aromatic rings. The second kappa shape index (κ2) is 13.2. The summed E-state index contributed by atoms with van der Waals surface area (Å²) in [5.74, 6) is 1.27. The Bertz CT molecular complexity index is 920. The zero-order valence-electron chi connectivity index (χ0n) is 20.2. The molecule has 1 unspecified atom stereocenters. The molecule has 176 valence electrons. The number of rotatable bonds is 9. The Balaban J connectivity index is 0.00000249. The fourth-order valence-electron chi connectivity index (χ4n) is 2.90. The Morgan fingerprint density at radius 2 is 1.78 bits per heavy atom. The van der Waals surface area contributed by atoms with Crippen LogP contribution in [0.3, 0.4) is 0 Å². The number of hydrogen-bond acceptors (Lipinski definition) is 7. The average molecular weight is 446 g/mol. The SMILES string of the molecule is C/C=C(\C=C(/CC)c1conc1-c1cc(OC)c(OC)c(OC)c1)NC(=O)C(C)N.CC. The molecule has 2 rings (SSSR count). The van der Waals surface area contributed by atoms with Crippen LogP contribution in [-0.2, 0) is 4.79 Å². The number of carbonyl (C=O) groups is 1. The van der Waals surface area contributed by atoms with E-state index in [2.05, 4.69) is 10.5 Å². The van der Waals surface area contributed by atoms with Gasteiger partial charge in [0.25, 0.3) is 0 Å². The Morgan fingerprint density at radius 1 is 1.19 bits per heavy atom. The molecular formula is C24H35N3O5. The lowest BCUT2D eigenvalue weighted by atomic mass is 9.98. The Morgan fingerprint density at radius 3 is 2.22 bits per heavy atom. The van der Waals surface area contributed by atoms with Crippen molar-refractivity contribution in [1.29, 1.82) is 0 Å². The lowest BCUT2D eigenvalue weighted by Crippen LogP contribution is -2.37. The van der Waals surface area contributed by atoms with Crippen LogP contribution < -0.4 is 25.3 Å². The molecule has 3 N–H and O–H groups in total. The van der Waals surface area contributed by atoms with Gasteiger partial charge in [-0.1, -0.05) is 32.0 Å². The summed E-state index contributed by atoms with van der Waals surface area (Å²) < 4.78 is 21.6. The molecule has 8 nitrogen and oxygen atoms in total. The molecule has 1 heterocycles. The van der Waals surface area contributed by atoms with Gasteiger partial charge in [0.15, 0.2) is 11.5 Å². The molecule has 0 aliphatic heterocycles. The van der Waals surface area contributed by atoms with Crippen LogP contribution in [-0.4, -0.2) is 38.4 Å². The second-order valence-electron chi connectivity index (χ2n) is 6.54. The van der Waals surface area contributed by atoms with E-state index in [-0.39, 0.29) is 5.91 Å². The highest BCUT2D eigenvalue weighted by Gasteiger charge is 2.20. The second-order valence-corrected chi connectivity index (χ2v) is 6.54. The van der Waals surface area contributed by atoms with Crippen LogP contribution in [0.1, 0.15) is 46.6 Å². The number of nitrogens with zero attached hydrogens (tertiary/aromatic N) is 1. The van der Waals surface area contributed by atoms with Crippen molar-refractivity contribution in [3.63, 3.8) is 0 Å². The van der Waals surface area contributed by atoms with Crippen molar-refractivity contribution in [1.82, 2.24) is 10.5 Å². The fourth-order valence-corrected chi connectivity index (χ4v) is 2.90. The first-order valence-corrected chi connectivity index (χ1v) is 10.6. The van der Waals surface area contributed by atoms with Gasteiger partial charge >= 0.3 is 0 Å². The van der Waals surface area contributed by atoms with Crippen molar-refractivity contribution in [2.75, 3.05) is 21.3 Å². The molecule has 32 heavy (non-hydrogen) atoms. The first kappa shape index (κ1) is 26.8. The summed E-state index contributed by atoms with van der Waals surface area (Å²) in [5, 5.41) is 7.01. The van der Waals surface area contributed by atoms with Crippen molar-refractivity contribution >= 4 is 11.5 Å². The van der Waals surface area contributed by atoms with Gasteiger partial charge in [0.05, 0.1) is 27.4 Å². The average Bonchev–Trinajstić information content (AvgIpc) is 3.31. The maximum absolute atomic E-state index is 12.0. The summed E-state index contributed by atoms with van der Waals surface area (Å²) in [7, 11) is 4.66. The van der Waals surface area contributed by atoms with Gasteiger partial charge < -0.3 is 29.8 Å². The van der Waals surface area contributed by atoms with Gasteiger partial charge in [-0.05, 0) is 44.1 Å². The molecule has 8 heteroatoms. The zero-order valence-corrected chi connectivity index (χ0v) is 20.2. The molecule has 1 amide bonds. The van der Waals surface area contributed by atoms with Crippen molar-refractivity contribution in [2.45, 2.75) is 47.1 Å². The van der Waals surface area contributed by atoms with Crippen LogP contribution in [0.2, 0.25) is 0 Å². The number of nitrogens with one attached hydrogen (secondary N) is 1. The van der Waals surface area contributed by atoms with Gasteiger partial charge in [-0.15, -0.1) is 0 Å². The predicted molar refractivity (Wildman–Crippen MR) is 127 cm³/mol. The minimum absolute atomic E-state index is 0.259. The summed E-state index contributed by atoms with van der Waals surface area (Å²) in [5.41, 5.74) is 9.39. The molecule has 0 saturated carbocycles. The van der Waals surface area contributed by atoms with E-state index in [1.807, 2.05) is 52.0 Å². The number of nitrogens with two attached hydrogens (primary N) is 1. The highest BCUT2D eigenvalue weighted by atomic mass is 16.5. The van der Waals surface area contributed by atoms with E-state index in [9.17, 15) is 4.79 Å². The van der Waals surface area contributed by atoms with Gasteiger partial charge in [-0.3, -0.25) is 4.79 Å². The third-order valence-electron chi connectivity index (χ3n) is 4.56. The van der Waals surface area contributed by atoms with E-state index in [4.69, 9.17) is 24.5 Å². The quantitative estimate of drug-likeness (QED) is 0.545. The van der Waals surface area contributed by atoms with Crippen LogP contribution >= 0.6 is 0 Å². The first-order chi connectivity index (χ1) is 15.4. The van der Waals surface area contributed by atoms with E-state index < -0.39 is 6.04 Å². The lowest BCUT2D eigenvalue weighted by Gasteiger charge is -2.14. The molecule has 1 aromatic heterocycles. The molecule has 0 aliphatic rings. The molecular weight excluding hydrogens is 410 g/mol. The van der Waals surface area contributed by atoms with Crippen molar-refractivity contribution in [2.24, 2.45) is 5.73 Å². The van der Waals surface area contributed by atoms with Crippen molar-refractivity contribution in [3.05, 3.63) is 41.8 Å². The standard InChI is InChI=1S/C22H29N3O5.C2H6/c1-7-14(9-16(8-2)24-22(26)13(3)23)17-12-30-25-20(17)15-10-18(27-4)21(29-6)19(11-15)28-5;1-2/h8-13H,7,23H2,1-6H3,(H,24,26);1-2H3/b14-9+,16-8+;. The van der Waals surface area contributed by atoms with Gasteiger partial charge in [-0.2, -0.15) is 0 Å². The van der Waals surface area contributed by atoms with Gasteiger partial charge in [-0.25, -0.2) is 0 Å². The van der Waals surface area contributed by atoms with Crippen LogP contribution in [0.5, 0.6) is 17.2 Å². The maximum Gasteiger partial charge on any atom is 0.240 e. The number of benzene rings is 1. The fraction of sp³-hybridized carbons (Fsp3) is 0.417. The number of allylic oxidation sites excluding steroid dienone is 3. The molecule has 0 spiro atoms. The number of methoxy groups -OCH3 is 3. The summed E-state index contributed by atoms with van der Waals surface area (Å²) in [6.45, 7) is 9.49. The topological polar surface area (TPSA) is 109 Å². The maximum atomic E-state index is 12.0. The van der Waals surface area contributed by atoms with Crippen LogP contribution in [0.4, 0.5) is 0 Å². The van der Waals surface area contributed by atoms with Crippen molar-refractivity contribution in [3.8, 4) is 28.5 Å². The number of aromatic nitrogens is 1. The smallest absolute Gasteiger partial charge is 0.240 e. The van der Waals surface area contributed by atoms with Crippen LogP contribution in [0, 0.1) is 0 Å². The summed E-state index contributed by atoms with van der Waals surface area (Å²) in [6.07, 6.45) is 5.95. The number of hydrogen-bond donors (Lipinski definition) is 2. The number of carbonyl (C=O) groups excluding carboxylic acids is 1. The number of ether oxygens (including phenoxy) is 3. The monoisotopic (exact) mass is 445 g/mol. The molecule has 0 aliphatic carbocycles. The van der Waals surface area contributed by atoms with E-state index >= 15 is 0 Å².